The first-order valence-electron chi connectivity index (χ1n) is 5.35. The van der Waals surface area contributed by atoms with Gasteiger partial charge in [-0.25, -0.2) is 4.99 Å². The Morgan fingerprint density at radius 3 is 3.00 bits per heavy atom. The van der Waals surface area contributed by atoms with Crippen LogP contribution >= 0.6 is 0 Å². The van der Waals surface area contributed by atoms with Crippen LogP contribution in [0.15, 0.2) is 4.99 Å². The molecule has 1 amide bonds. The van der Waals surface area contributed by atoms with Crippen molar-refractivity contribution in [2.24, 2.45) is 10.9 Å². The average molecular weight is 211 g/mol. The van der Waals surface area contributed by atoms with Crippen LogP contribution in [0.1, 0.15) is 19.8 Å². The van der Waals surface area contributed by atoms with Crippen molar-refractivity contribution < 1.29 is 9.53 Å². The zero-order valence-corrected chi connectivity index (χ0v) is 9.12. The van der Waals surface area contributed by atoms with Gasteiger partial charge in [0, 0.05) is 19.1 Å². The number of nitrogens with one attached hydrogen (secondary N) is 2. The Bertz CT molecular complexity index is 286. The van der Waals surface area contributed by atoms with E-state index in [9.17, 15) is 4.79 Å². The number of nitrogens with zero attached hydrogens (tertiary/aromatic N) is 1. The molecule has 2 aliphatic rings. The van der Waals surface area contributed by atoms with Gasteiger partial charge in [-0.2, -0.15) is 0 Å². The number of rotatable bonds is 4. The zero-order valence-electron chi connectivity index (χ0n) is 9.12. The maximum Gasteiger partial charge on any atom is 0.251 e. The van der Waals surface area contributed by atoms with Crippen LogP contribution in [0.2, 0.25) is 0 Å². The van der Waals surface area contributed by atoms with E-state index < -0.39 is 0 Å². The van der Waals surface area contributed by atoms with E-state index in [0.717, 1.165) is 0 Å². The van der Waals surface area contributed by atoms with Gasteiger partial charge in [0.2, 0.25) is 0 Å². The van der Waals surface area contributed by atoms with Gasteiger partial charge < -0.3 is 10.1 Å². The summed E-state index contributed by atoms with van der Waals surface area (Å²) >= 11 is 0. The van der Waals surface area contributed by atoms with Gasteiger partial charge in [0.15, 0.2) is 5.96 Å². The molecule has 15 heavy (non-hydrogen) atoms. The predicted octanol–water partition coefficient (Wildman–Crippen LogP) is -0.125. The van der Waals surface area contributed by atoms with Gasteiger partial charge in [0.1, 0.15) is 6.04 Å². The Balaban J connectivity index is 1.92. The van der Waals surface area contributed by atoms with Gasteiger partial charge >= 0.3 is 0 Å². The molecule has 1 saturated carbocycles. The minimum atomic E-state index is -0.300. The summed E-state index contributed by atoms with van der Waals surface area (Å²) in [6.07, 6.45) is 2.35. The first-order chi connectivity index (χ1) is 7.20. The summed E-state index contributed by atoms with van der Waals surface area (Å²) in [6.45, 7) is 2.52. The van der Waals surface area contributed by atoms with Crippen LogP contribution in [0.4, 0.5) is 0 Å². The van der Waals surface area contributed by atoms with Crippen LogP contribution in [0.5, 0.6) is 0 Å². The van der Waals surface area contributed by atoms with Gasteiger partial charge in [0.25, 0.3) is 5.91 Å². The van der Waals surface area contributed by atoms with Gasteiger partial charge in [-0.15, -0.1) is 0 Å². The summed E-state index contributed by atoms with van der Waals surface area (Å²) < 4.78 is 5.02. The van der Waals surface area contributed by atoms with Crippen LogP contribution < -0.4 is 10.6 Å². The normalized spacial score (nSPS) is 27.2. The standard InChI is InChI=1S/C10H17N3O2/c1-6(5-15-2)8-9(14)13-10(12-8)11-7-3-4-7/h6-8H,3-5H2,1-2H3,(H2,11,12,13,14). The molecule has 84 valence electrons. The van der Waals surface area contributed by atoms with Crippen molar-refractivity contribution >= 4 is 11.9 Å². The first kappa shape index (κ1) is 10.4. The van der Waals surface area contributed by atoms with Gasteiger partial charge in [0.05, 0.1) is 6.61 Å². The fourth-order valence-corrected chi connectivity index (χ4v) is 1.65. The molecule has 5 heteroatoms. The molecule has 0 spiro atoms. The molecule has 5 nitrogen and oxygen atoms in total. The van der Waals surface area contributed by atoms with Crippen LogP contribution in [0, 0.1) is 5.92 Å². The molecule has 1 fully saturated rings. The molecule has 0 bridgehead atoms. The highest BCUT2D eigenvalue weighted by Gasteiger charge is 2.33. The lowest BCUT2D eigenvalue weighted by Gasteiger charge is -2.12. The summed E-state index contributed by atoms with van der Waals surface area (Å²) in [5, 5.41) is 5.95. The second-order valence-corrected chi connectivity index (χ2v) is 4.26. The number of carbonyl (C=O) groups excluding carboxylic acids is 1. The molecule has 2 N–H and O–H groups in total. The SMILES string of the molecule is COCC(C)C1N=C(NC2CC2)NC1=O. The molecule has 0 saturated heterocycles. The van der Waals surface area contributed by atoms with E-state index in [4.69, 9.17) is 4.74 Å². The second-order valence-electron chi connectivity index (χ2n) is 4.26. The van der Waals surface area contributed by atoms with Crippen LogP contribution in [0.3, 0.4) is 0 Å². The van der Waals surface area contributed by atoms with Crippen LogP contribution in [-0.2, 0) is 9.53 Å². The summed E-state index contributed by atoms with van der Waals surface area (Å²) in [6, 6.07) is 0.215. The Morgan fingerprint density at radius 1 is 1.67 bits per heavy atom. The fraction of sp³-hybridized carbons (Fsp3) is 0.800. The molecule has 1 aliphatic carbocycles. The van der Waals surface area contributed by atoms with Crippen molar-refractivity contribution in [2.75, 3.05) is 13.7 Å². The van der Waals surface area contributed by atoms with E-state index in [-0.39, 0.29) is 17.9 Å². The van der Waals surface area contributed by atoms with E-state index in [1.165, 1.54) is 12.8 Å². The van der Waals surface area contributed by atoms with E-state index in [2.05, 4.69) is 15.6 Å². The van der Waals surface area contributed by atoms with Crippen LogP contribution in [-0.4, -0.2) is 37.7 Å². The number of carbonyl (C=O) groups is 1. The number of hydrogen-bond donors (Lipinski definition) is 2. The summed E-state index contributed by atoms with van der Waals surface area (Å²) in [4.78, 5) is 15.9. The topological polar surface area (TPSA) is 62.7 Å². The average Bonchev–Trinajstić information content (AvgIpc) is 2.90. The molecular weight excluding hydrogens is 194 g/mol. The molecule has 0 aromatic carbocycles. The highest BCUT2D eigenvalue weighted by molar-refractivity contribution is 6.05. The molecular formula is C10H17N3O2. The van der Waals surface area contributed by atoms with E-state index >= 15 is 0 Å². The van der Waals surface area contributed by atoms with E-state index in [1.807, 2.05) is 6.92 Å². The smallest absolute Gasteiger partial charge is 0.251 e. The quantitative estimate of drug-likeness (QED) is 0.681. The number of ether oxygens (including phenoxy) is 1. The molecule has 1 heterocycles. The lowest BCUT2D eigenvalue weighted by atomic mass is 10.0. The van der Waals surface area contributed by atoms with Crippen molar-refractivity contribution in [2.45, 2.75) is 31.8 Å². The number of methoxy groups -OCH3 is 1. The zero-order chi connectivity index (χ0) is 10.8. The van der Waals surface area contributed by atoms with Crippen molar-refractivity contribution in [1.82, 2.24) is 10.6 Å². The molecule has 2 rings (SSSR count). The number of guanidine groups is 1. The Morgan fingerprint density at radius 2 is 2.40 bits per heavy atom. The van der Waals surface area contributed by atoms with Crippen molar-refractivity contribution in [1.29, 1.82) is 0 Å². The van der Waals surface area contributed by atoms with Gasteiger partial charge in [-0.1, -0.05) is 6.92 Å². The highest BCUT2D eigenvalue weighted by Crippen LogP contribution is 2.19. The third kappa shape index (κ3) is 2.47. The van der Waals surface area contributed by atoms with E-state index in [0.29, 0.717) is 18.6 Å². The third-order valence-electron chi connectivity index (χ3n) is 2.67. The Labute approximate surface area is 89.3 Å². The molecule has 2 unspecified atom stereocenters. The van der Waals surface area contributed by atoms with E-state index in [1.54, 1.807) is 7.11 Å². The van der Waals surface area contributed by atoms with Gasteiger partial charge in [-0.05, 0) is 12.8 Å². The number of amides is 1. The summed E-state index contributed by atoms with van der Waals surface area (Å²) in [5.74, 6) is 0.728. The Kier molecular flexibility index (Phi) is 2.90. The summed E-state index contributed by atoms with van der Waals surface area (Å²) in [7, 11) is 1.64. The maximum atomic E-state index is 11.6. The van der Waals surface area contributed by atoms with Crippen LogP contribution in [0.25, 0.3) is 0 Å². The molecule has 0 aromatic heterocycles. The lowest BCUT2D eigenvalue weighted by Crippen LogP contribution is -2.39. The monoisotopic (exact) mass is 211 g/mol. The lowest BCUT2D eigenvalue weighted by molar-refractivity contribution is -0.121. The molecule has 1 aliphatic heterocycles. The minimum Gasteiger partial charge on any atom is -0.384 e. The maximum absolute atomic E-state index is 11.6. The van der Waals surface area contributed by atoms with Crippen molar-refractivity contribution in [3.8, 4) is 0 Å². The molecule has 0 radical (unpaired) electrons. The van der Waals surface area contributed by atoms with Crippen molar-refractivity contribution in [3.05, 3.63) is 0 Å². The largest absolute Gasteiger partial charge is 0.384 e. The highest BCUT2D eigenvalue weighted by atomic mass is 16.5. The molecule has 0 aromatic rings. The molecule has 2 atom stereocenters. The summed E-state index contributed by atoms with van der Waals surface area (Å²) in [5.41, 5.74) is 0. The minimum absolute atomic E-state index is 0.0253. The third-order valence-corrected chi connectivity index (χ3v) is 2.67. The predicted molar refractivity (Wildman–Crippen MR) is 56.6 cm³/mol. The second kappa shape index (κ2) is 4.18. The fourth-order valence-electron chi connectivity index (χ4n) is 1.65. The van der Waals surface area contributed by atoms with Gasteiger partial charge in [-0.3, -0.25) is 10.1 Å². The number of hydrogen-bond acceptors (Lipinski definition) is 4. The first-order valence-corrected chi connectivity index (χ1v) is 5.35. The Hall–Kier alpha value is -1.10. The number of aliphatic imine (C=N–C) groups is 1. The van der Waals surface area contributed by atoms with Crippen molar-refractivity contribution in [3.63, 3.8) is 0 Å².